The third kappa shape index (κ3) is 5.29. The predicted octanol–water partition coefficient (Wildman–Crippen LogP) is 2.41. The largest absolute Gasteiger partial charge is 0.330 e. The highest BCUT2D eigenvalue weighted by Crippen LogP contribution is 2.12. The Morgan fingerprint density at radius 1 is 1.32 bits per heavy atom. The van der Waals surface area contributed by atoms with Crippen LogP contribution in [0.2, 0.25) is 0 Å². The van der Waals surface area contributed by atoms with Gasteiger partial charge in [-0.3, -0.25) is 4.79 Å². The number of nitrogens with two attached hydrogens (primary N) is 1. The molecule has 2 aromatic heterocycles. The maximum absolute atomic E-state index is 11.6. The van der Waals surface area contributed by atoms with E-state index in [-0.39, 0.29) is 30.7 Å². The number of carbonyl (C=O) groups excluding carboxylic acids is 1. The fraction of sp³-hybridized carbons (Fsp3) is 0.357. The Morgan fingerprint density at radius 3 is 2.55 bits per heavy atom. The van der Waals surface area contributed by atoms with Crippen LogP contribution in [0.4, 0.5) is 5.69 Å². The molecule has 22 heavy (non-hydrogen) atoms. The van der Waals surface area contributed by atoms with Gasteiger partial charge in [0, 0.05) is 12.1 Å². The summed E-state index contributed by atoms with van der Waals surface area (Å²) in [6.45, 7) is 4.43. The highest BCUT2D eigenvalue weighted by molar-refractivity contribution is 5.90. The summed E-state index contributed by atoms with van der Waals surface area (Å²) in [5, 5.41) is 7.15. The van der Waals surface area contributed by atoms with E-state index in [1.54, 1.807) is 10.9 Å². The average molecular weight is 346 g/mol. The van der Waals surface area contributed by atoms with Gasteiger partial charge >= 0.3 is 0 Å². The number of aromatic nitrogens is 3. The maximum atomic E-state index is 11.6. The summed E-state index contributed by atoms with van der Waals surface area (Å²) in [5.41, 5.74) is 8.02. The van der Waals surface area contributed by atoms with Gasteiger partial charge in [0.25, 0.3) is 0 Å². The quantitative estimate of drug-likeness (QED) is 0.871. The summed E-state index contributed by atoms with van der Waals surface area (Å²) in [6.07, 6.45) is 2.74. The molecule has 2 aromatic rings. The van der Waals surface area contributed by atoms with Gasteiger partial charge in [-0.2, -0.15) is 5.10 Å². The molecule has 0 aromatic carbocycles. The Labute approximate surface area is 142 Å². The molecule has 8 heteroatoms. The molecule has 6 nitrogen and oxygen atoms in total. The van der Waals surface area contributed by atoms with Gasteiger partial charge in [0.2, 0.25) is 5.91 Å². The van der Waals surface area contributed by atoms with Crippen LogP contribution in [0.15, 0.2) is 24.4 Å². The van der Waals surface area contributed by atoms with Crippen LogP contribution in [0.3, 0.4) is 0 Å². The standard InChI is InChI=1S/C14H19N5O.2ClH/c1-10-8-11(2)19(18-10)13-6-5-12(9-16-13)17-14(20)4-3-7-15;;/h5-6,8-9H,3-4,7,15H2,1-2H3,(H,17,20);2*1H. The third-order valence-electron chi connectivity index (χ3n) is 2.87. The number of hydrogen-bond donors (Lipinski definition) is 2. The van der Waals surface area contributed by atoms with Gasteiger partial charge in [-0.1, -0.05) is 0 Å². The molecular weight excluding hydrogens is 325 g/mol. The lowest BCUT2D eigenvalue weighted by Crippen LogP contribution is -2.13. The van der Waals surface area contributed by atoms with Crippen LogP contribution in [-0.4, -0.2) is 27.2 Å². The Bertz CT molecular complexity index is 598. The topological polar surface area (TPSA) is 85.8 Å². The highest BCUT2D eigenvalue weighted by Gasteiger charge is 2.06. The second kappa shape index (κ2) is 9.40. The van der Waals surface area contributed by atoms with E-state index in [1.165, 1.54) is 0 Å². The van der Waals surface area contributed by atoms with E-state index < -0.39 is 0 Å². The molecular formula is C14H21Cl2N5O. The number of halogens is 2. The highest BCUT2D eigenvalue weighted by atomic mass is 35.5. The molecule has 0 atom stereocenters. The van der Waals surface area contributed by atoms with Crippen molar-refractivity contribution in [2.75, 3.05) is 11.9 Å². The van der Waals surface area contributed by atoms with Crippen LogP contribution in [0.25, 0.3) is 5.82 Å². The number of rotatable bonds is 5. The first-order valence-corrected chi connectivity index (χ1v) is 6.60. The lowest BCUT2D eigenvalue weighted by atomic mass is 10.3. The van der Waals surface area contributed by atoms with Crippen LogP contribution in [0, 0.1) is 13.8 Å². The van der Waals surface area contributed by atoms with Gasteiger partial charge in [-0.05, 0) is 45.0 Å². The van der Waals surface area contributed by atoms with Crippen LogP contribution in [-0.2, 0) is 4.79 Å². The smallest absolute Gasteiger partial charge is 0.224 e. The molecule has 0 aliphatic heterocycles. The molecule has 0 saturated heterocycles. The van der Waals surface area contributed by atoms with Crippen molar-refractivity contribution in [3.8, 4) is 5.82 Å². The zero-order valence-electron chi connectivity index (χ0n) is 12.6. The summed E-state index contributed by atoms with van der Waals surface area (Å²) >= 11 is 0. The monoisotopic (exact) mass is 345 g/mol. The van der Waals surface area contributed by atoms with Crippen molar-refractivity contribution in [1.82, 2.24) is 14.8 Å². The first kappa shape index (κ1) is 20.4. The summed E-state index contributed by atoms with van der Waals surface area (Å²) in [5.74, 6) is 0.687. The first-order valence-electron chi connectivity index (χ1n) is 6.60. The molecule has 0 aliphatic carbocycles. The van der Waals surface area contributed by atoms with Gasteiger partial charge in [0.15, 0.2) is 5.82 Å². The molecule has 1 amide bonds. The number of anilines is 1. The van der Waals surface area contributed by atoms with Crippen molar-refractivity contribution >= 4 is 36.4 Å². The van der Waals surface area contributed by atoms with E-state index in [1.807, 2.05) is 32.0 Å². The lowest BCUT2D eigenvalue weighted by Gasteiger charge is -2.06. The molecule has 0 fully saturated rings. The van der Waals surface area contributed by atoms with Crippen LogP contribution in [0.1, 0.15) is 24.2 Å². The Balaban J connectivity index is 0.00000220. The van der Waals surface area contributed by atoms with Crippen molar-refractivity contribution in [1.29, 1.82) is 0 Å². The van der Waals surface area contributed by atoms with Gasteiger partial charge in [-0.25, -0.2) is 9.67 Å². The van der Waals surface area contributed by atoms with E-state index in [2.05, 4.69) is 15.4 Å². The van der Waals surface area contributed by atoms with Crippen molar-refractivity contribution in [2.45, 2.75) is 26.7 Å². The number of carbonyl (C=O) groups is 1. The Morgan fingerprint density at radius 2 is 2.05 bits per heavy atom. The molecule has 3 N–H and O–H groups in total. The fourth-order valence-electron chi connectivity index (χ4n) is 1.93. The molecule has 2 heterocycles. The number of nitrogens with one attached hydrogen (secondary N) is 1. The number of aryl methyl sites for hydroxylation is 2. The second-order valence-corrected chi connectivity index (χ2v) is 4.68. The zero-order chi connectivity index (χ0) is 14.5. The second-order valence-electron chi connectivity index (χ2n) is 4.68. The molecule has 0 spiro atoms. The minimum absolute atomic E-state index is 0. The van der Waals surface area contributed by atoms with Crippen molar-refractivity contribution in [3.05, 3.63) is 35.8 Å². The van der Waals surface area contributed by atoms with Gasteiger partial charge in [0.1, 0.15) is 0 Å². The van der Waals surface area contributed by atoms with Crippen LogP contribution < -0.4 is 11.1 Å². The molecule has 0 radical (unpaired) electrons. The van der Waals surface area contributed by atoms with Crippen molar-refractivity contribution < 1.29 is 4.79 Å². The van der Waals surface area contributed by atoms with Gasteiger partial charge in [-0.15, -0.1) is 24.8 Å². The van der Waals surface area contributed by atoms with Gasteiger partial charge < -0.3 is 11.1 Å². The fourth-order valence-corrected chi connectivity index (χ4v) is 1.93. The number of nitrogens with zero attached hydrogens (tertiary/aromatic N) is 3. The lowest BCUT2D eigenvalue weighted by molar-refractivity contribution is -0.116. The number of pyridine rings is 1. The van der Waals surface area contributed by atoms with E-state index in [4.69, 9.17) is 5.73 Å². The van der Waals surface area contributed by atoms with Crippen LogP contribution in [0.5, 0.6) is 0 Å². The number of amides is 1. The third-order valence-corrected chi connectivity index (χ3v) is 2.87. The van der Waals surface area contributed by atoms with Crippen molar-refractivity contribution in [3.63, 3.8) is 0 Å². The van der Waals surface area contributed by atoms with Gasteiger partial charge in [0.05, 0.1) is 17.6 Å². The van der Waals surface area contributed by atoms with Crippen molar-refractivity contribution in [2.24, 2.45) is 5.73 Å². The molecule has 0 bridgehead atoms. The average Bonchev–Trinajstić information content (AvgIpc) is 2.76. The molecule has 0 saturated carbocycles. The van der Waals surface area contributed by atoms with E-state index in [0.29, 0.717) is 25.1 Å². The minimum atomic E-state index is -0.0453. The molecule has 122 valence electrons. The SMILES string of the molecule is Cc1cc(C)n(-c2ccc(NC(=O)CCCN)cn2)n1.Cl.Cl. The van der Waals surface area contributed by atoms with E-state index in [9.17, 15) is 4.79 Å². The molecule has 2 rings (SSSR count). The zero-order valence-corrected chi connectivity index (χ0v) is 14.2. The normalized spacial score (nSPS) is 9.59. The Hall–Kier alpha value is -1.63. The molecule has 0 aliphatic rings. The minimum Gasteiger partial charge on any atom is -0.330 e. The summed E-state index contributed by atoms with van der Waals surface area (Å²) in [4.78, 5) is 15.9. The van der Waals surface area contributed by atoms with E-state index >= 15 is 0 Å². The summed E-state index contributed by atoms with van der Waals surface area (Å²) < 4.78 is 1.77. The van der Waals surface area contributed by atoms with Crippen LogP contribution >= 0.6 is 24.8 Å². The summed E-state index contributed by atoms with van der Waals surface area (Å²) in [7, 11) is 0. The first-order chi connectivity index (χ1) is 9.60. The predicted molar refractivity (Wildman–Crippen MR) is 92.2 cm³/mol. The maximum Gasteiger partial charge on any atom is 0.224 e. The van der Waals surface area contributed by atoms with E-state index in [0.717, 1.165) is 17.2 Å². The Kier molecular flexibility index (Phi) is 8.70. The summed E-state index contributed by atoms with van der Waals surface area (Å²) in [6, 6.07) is 5.64. The number of hydrogen-bond acceptors (Lipinski definition) is 4. The molecule has 0 unspecified atom stereocenters.